The van der Waals surface area contributed by atoms with Crippen LogP contribution in [0.5, 0.6) is 5.75 Å². The summed E-state index contributed by atoms with van der Waals surface area (Å²) in [7, 11) is 3.19. The predicted molar refractivity (Wildman–Crippen MR) is 201 cm³/mol. The quantitative estimate of drug-likeness (QED) is 0.0946. The fraction of sp³-hybridized carbons (Fsp3) is 0.302. The monoisotopic (exact) mass is 756 g/mol. The fourth-order valence-corrected chi connectivity index (χ4v) is 6.19. The van der Waals surface area contributed by atoms with Crippen molar-refractivity contribution in [1.82, 2.24) is 4.90 Å². The minimum absolute atomic E-state index is 0.0840. The van der Waals surface area contributed by atoms with Crippen LogP contribution >= 0.6 is 0 Å². The van der Waals surface area contributed by atoms with Crippen molar-refractivity contribution in [2.75, 3.05) is 32.6 Å². The Morgan fingerprint density at radius 2 is 1.60 bits per heavy atom. The van der Waals surface area contributed by atoms with Crippen molar-refractivity contribution in [2.45, 2.75) is 44.9 Å². The largest absolute Gasteiger partial charge is 0.460 e. The normalized spacial score (nSPS) is 16.5. The number of anilines is 1. The number of rotatable bonds is 15. The first-order valence-electron chi connectivity index (χ1n) is 18.0. The van der Waals surface area contributed by atoms with Crippen LogP contribution in [0.25, 0.3) is 0 Å². The number of ether oxygens (including phenoxy) is 3. The summed E-state index contributed by atoms with van der Waals surface area (Å²) in [6.45, 7) is 0.763. The maximum atomic E-state index is 13.6. The number of hydrogen-bond acceptors (Lipinski definition) is 7. The van der Waals surface area contributed by atoms with E-state index in [1.807, 2.05) is 30.3 Å². The highest BCUT2D eigenvalue weighted by molar-refractivity contribution is 6.04. The minimum atomic E-state index is -4.39. The average Bonchev–Trinajstić information content (AvgIpc) is 3.18. The van der Waals surface area contributed by atoms with Crippen molar-refractivity contribution < 1.29 is 46.6 Å². The molecule has 0 aromatic heterocycles. The fourth-order valence-electron chi connectivity index (χ4n) is 6.19. The number of carbonyl (C=O) groups excluding carboxylic acids is 4. The second kappa shape index (κ2) is 19.0. The molecule has 2 aliphatic carbocycles. The summed E-state index contributed by atoms with van der Waals surface area (Å²) >= 11 is 0. The Bertz CT molecular complexity index is 1970. The van der Waals surface area contributed by atoms with Gasteiger partial charge in [0.1, 0.15) is 12.4 Å². The van der Waals surface area contributed by atoms with E-state index in [-0.39, 0.29) is 49.7 Å². The maximum Gasteiger partial charge on any atom is 0.412 e. The molecule has 55 heavy (non-hydrogen) atoms. The molecule has 0 saturated heterocycles. The maximum absolute atomic E-state index is 13.6. The molecule has 0 bridgehead atoms. The van der Waals surface area contributed by atoms with Crippen LogP contribution in [-0.4, -0.2) is 62.1 Å². The molecular formula is C43H43F3N2O7. The molecule has 288 valence electrons. The first-order valence-corrected chi connectivity index (χ1v) is 18.0. The lowest BCUT2D eigenvalue weighted by molar-refractivity contribution is -0.134. The van der Waals surface area contributed by atoms with Crippen molar-refractivity contribution in [3.8, 4) is 5.75 Å². The highest BCUT2D eigenvalue weighted by atomic mass is 19.4. The molecule has 9 nitrogen and oxygen atoms in total. The smallest absolute Gasteiger partial charge is 0.412 e. The first kappa shape index (κ1) is 40.4. The predicted octanol–water partition coefficient (Wildman–Crippen LogP) is 8.20. The van der Waals surface area contributed by atoms with Gasteiger partial charge in [-0.05, 0) is 73.2 Å². The third-order valence-corrected chi connectivity index (χ3v) is 9.13. The van der Waals surface area contributed by atoms with Crippen LogP contribution in [0, 0.1) is 11.8 Å². The summed E-state index contributed by atoms with van der Waals surface area (Å²) < 4.78 is 55.8. The molecule has 3 aromatic carbocycles. The van der Waals surface area contributed by atoms with Gasteiger partial charge in [-0.3, -0.25) is 14.4 Å². The number of allylic oxidation sites excluding steroid dienone is 7. The van der Waals surface area contributed by atoms with Gasteiger partial charge in [-0.25, -0.2) is 4.79 Å². The Labute approximate surface area is 318 Å². The van der Waals surface area contributed by atoms with Gasteiger partial charge >= 0.3 is 18.1 Å². The van der Waals surface area contributed by atoms with Crippen molar-refractivity contribution in [3.05, 3.63) is 143 Å². The summed E-state index contributed by atoms with van der Waals surface area (Å²) in [5, 5.41) is 2.88. The molecular weight excluding hydrogens is 713 g/mol. The van der Waals surface area contributed by atoms with Crippen molar-refractivity contribution in [1.29, 1.82) is 0 Å². The zero-order valence-corrected chi connectivity index (χ0v) is 30.6. The molecule has 5 rings (SSSR count). The van der Waals surface area contributed by atoms with E-state index < -0.39 is 41.4 Å². The second-order valence-electron chi connectivity index (χ2n) is 13.3. The molecule has 2 aliphatic rings. The summed E-state index contributed by atoms with van der Waals surface area (Å²) in [4.78, 5) is 53.2. The van der Waals surface area contributed by atoms with Gasteiger partial charge in [-0.1, -0.05) is 78.4 Å². The van der Waals surface area contributed by atoms with E-state index in [0.29, 0.717) is 30.7 Å². The third kappa shape index (κ3) is 11.6. The van der Waals surface area contributed by atoms with Crippen LogP contribution in [0.2, 0.25) is 0 Å². The average molecular weight is 757 g/mol. The van der Waals surface area contributed by atoms with Gasteiger partial charge in [0.15, 0.2) is 0 Å². The van der Waals surface area contributed by atoms with Crippen LogP contribution in [0.1, 0.15) is 57.5 Å². The van der Waals surface area contributed by atoms with E-state index >= 15 is 0 Å². The SMILES string of the molecule is CN(C)C(=O)c1cc(CCCC(=O)Oc2ccc(C(=O)OCCOCc3ccccc3)cc2)ccc1NC(=O)C1C=CC=CC1C1=CC=C(C(F)(F)F)CC1. The molecule has 0 fully saturated rings. The lowest BCUT2D eigenvalue weighted by Gasteiger charge is -2.28. The molecule has 2 unspecified atom stereocenters. The Hall–Kier alpha value is -5.75. The molecule has 2 amide bonds. The number of nitrogens with one attached hydrogen (secondary N) is 1. The molecule has 12 heteroatoms. The molecule has 0 radical (unpaired) electrons. The number of esters is 2. The van der Waals surface area contributed by atoms with Gasteiger partial charge in [0.2, 0.25) is 5.91 Å². The van der Waals surface area contributed by atoms with E-state index in [2.05, 4.69) is 5.32 Å². The van der Waals surface area contributed by atoms with Gasteiger partial charge in [0.25, 0.3) is 5.91 Å². The third-order valence-electron chi connectivity index (χ3n) is 9.13. The number of aryl methyl sites for hydroxylation is 1. The molecule has 2 atom stereocenters. The lowest BCUT2D eigenvalue weighted by atomic mass is 9.78. The molecule has 0 heterocycles. The number of nitrogens with zero attached hydrogens (tertiary/aromatic N) is 1. The topological polar surface area (TPSA) is 111 Å². The first-order chi connectivity index (χ1) is 26.4. The highest BCUT2D eigenvalue weighted by Crippen LogP contribution is 2.38. The van der Waals surface area contributed by atoms with E-state index in [4.69, 9.17) is 14.2 Å². The van der Waals surface area contributed by atoms with Crippen molar-refractivity contribution in [2.24, 2.45) is 11.8 Å². The van der Waals surface area contributed by atoms with Crippen LogP contribution in [-0.2, 0) is 32.1 Å². The van der Waals surface area contributed by atoms with Gasteiger partial charge in [-0.15, -0.1) is 0 Å². The lowest BCUT2D eigenvalue weighted by Crippen LogP contribution is -2.31. The zero-order valence-electron chi connectivity index (χ0n) is 30.6. The summed E-state index contributed by atoms with van der Waals surface area (Å²) in [5.74, 6) is -2.57. The molecule has 0 aliphatic heterocycles. The van der Waals surface area contributed by atoms with Crippen molar-refractivity contribution >= 4 is 29.4 Å². The Morgan fingerprint density at radius 3 is 2.29 bits per heavy atom. The van der Waals surface area contributed by atoms with Crippen molar-refractivity contribution in [3.63, 3.8) is 0 Å². The Balaban J connectivity index is 1.11. The summed E-state index contributed by atoms with van der Waals surface area (Å²) in [5.41, 5.74) is 2.78. The van der Waals surface area contributed by atoms with Crippen LogP contribution in [0.4, 0.5) is 18.9 Å². The van der Waals surface area contributed by atoms with Gasteiger partial charge < -0.3 is 24.4 Å². The van der Waals surface area contributed by atoms with Gasteiger partial charge in [-0.2, -0.15) is 13.2 Å². The number of carbonyl (C=O) groups is 4. The standard InChI is InChI=1S/C43H43F3N2O7/c1-48(2)41(51)37-27-29(15-24-38(37)47-40(50)36-13-7-6-12-35(36)31-16-20-33(21-17-31)43(44,45)46)11-8-14-39(49)55-34-22-18-32(19-23-34)42(52)54-26-25-53-28-30-9-4-3-5-10-30/h3-7,9-10,12-13,15-16,18-20,22-24,27,35-36H,8,11,14,17,21,25-26,28H2,1-2H3,(H,47,50). The minimum Gasteiger partial charge on any atom is -0.460 e. The van der Waals surface area contributed by atoms with Gasteiger partial charge in [0, 0.05) is 32.0 Å². The van der Waals surface area contributed by atoms with E-state index in [9.17, 15) is 32.3 Å². The number of hydrogen-bond donors (Lipinski definition) is 1. The van der Waals surface area contributed by atoms with E-state index in [1.165, 1.54) is 35.2 Å². The zero-order chi connectivity index (χ0) is 39.4. The number of benzene rings is 3. The Kier molecular flexibility index (Phi) is 14.0. The summed E-state index contributed by atoms with van der Waals surface area (Å²) in [6, 6.07) is 20.8. The van der Waals surface area contributed by atoms with Gasteiger partial charge in [0.05, 0.1) is 35.9 Å². The molecule has 1 N–H and O–H groups in total. The van der Waals surface area contributed by atoms with Crippen LogP contribution < -0.4 is 10.1 Å². The van der Waals surface area contributed by atoms with E-state index in [1.54, 1.807) is 56.6 Å². The molecule has 0 saturated carbocycles. The van der Waals surface area contributed by atoms with Crippen LogP contribution in [0.15, 0.2) is 120 Å². The molecule has 0 spiro atoms. The number of alkyl halides is 3. The second-order valence-corrected chi connectivity index (χ2v) is 13.3. The molecule has 3 aromatic rings. The summed E-state index contributed by atoms with van der Waals surface area (Å²) in [6.07, 6.45) is 6.11. The van der Waals surface area contributed by atoms with Crippen LogP contribution in [0.3, 0.4) is 0 Å². The highest BCUT2D eigenvalue weighted by Gasteiger charge is 2.36. The number of amides is 2. The van der Waals surface area contributed by atoms with E-state index in [0.717, 1.165) is 22.8 Å². The number of halogens is 3. The Morgan fingerprint density at radius 1 is 0.855 bits per heavy atom.